The highest BCUT2D eigenvalue weighted by Gasteiger charge is 2.46. The summed E-state index contributed by atoms with van der Waals surface area (Å²) in [6, 6.07) is 17.4. The molecule has 36 heavy (non-hydrogen) atoms. The summed E-state index contributed by atoms with van der Waals surface area (Å²) in [7, 11) is 1.55. The van der Waals surface area contributed by atoms with Crippen LogP contribution in [0.15, 0.2) is 72.8 Å². The summed E-state index contributed by atoms with van der Waals surface area (Å²) >= 11 is 0. The Hall–Kier alpha value is -4.40. The number of methoxy groups -OCH3 is 1. The highest BCUT2D eigenvalue weighted by Crippen LogP contribution is 2.29. The number of hydrogen-bond acceptors (Lipinski definition) is 5. The van der Waals surface area contributed by atoms with E-state index in [1.165, 1.54) is 29.2 Å². The first-order valence-corrected chi connectivity index (χ1v) is 11.5. The average Bonchev–Trinajstić information content (AvgIpc) is 3.10. The van der Waals surface area contributed by atoms with Crippen molar-refractivity contribution in [3.8, 4) is 11.5 Å². The number of anilines is 2. The van der Waals surface area contributed by atoms with Crippen LogP contribution in [0.3, 0.4) is 0 Å². The van der Waals surface area contributed by atoms with Gasteiger partial charge in [0.2, 0.25) is 5.91 Å². The zero-order chi connectivity index (χ0) is 25.7. The molecule has 1 saturated heterocycles. The molecule has 3 aromatic carbocycles. The van der Waals surface area contributed by atoms with Crippen molar-refractivity contribution in [2.45, 2.75) is 25.9 Å². The van der Waals surface area contributed by atoms with Crippen LogP contribution in [0.4, 0.5) is 20.6 Å². The monoisotopic (exact) mass is 491 g/mol. The first-order valence-electron chi connectivity index (χ1n) is 11.5. The van der Waals surface area contributed by atoms with Gasteiger partial charge in [-0.2, -0.15) is 0 Å². The molecule has 0 saturated carbocycles. The molecule has 186 valence electrons. The van der Waals surface area contributed by atoms with E-state index in [4.69, 9.17) is 9.47 Å². The van der Waals surface area contributed by atoms with Gasteiger partial charge in [0.05, 0.1) is 25.8 Å². The van der Waals surface area contributed by atoms with Crippen LogP contribution in [-0.4, -0.2) is 42.5 Å². The normalized spacial score (nSPS) is 15.2. The predicted molar refractivity (Wildman–Crippen MR) is 132 cm³/mol. The topological polar surface area (TPSA) is 88.2 Å². The summed E-state index contributed by atoms with van der Waals surface area (Å²) in [5.41, 5.74) is 1.53. The molecule has 9 heteroatoms. The van der Waals surface area contributed by atoms with Gasteiger partial charge in [-0.3, -0.25) is 9.59 Å². The van der Waals surface area contributed by atoms with Crippen molar-refractivity contribution in [3.63, 3.8) is 0 Å². The van der Waals surface area contributed by atoms with Gasteiger partial charge in [0.1, 0.15) is 23.4 Å². The molecule has 1 aliphatic rings. The number of carbonyl (C=O) groups excluding carboxylic acids is 3. The number of imide groups is 1. The van der Waals surface area contributed by atoms with Crippen molar-refractivity contribution in [2.75, 3.05) is 23.9 Å². The van der Waals surface area contributed by atoms with Gasteiger partial charge in [0.25, 0.3) is 5.91 Å². The lowest BCUT2D eigenvalue weighted by Crippen LogP contribution is -2.37. The molecule has 1 aliphatic heterocycles. The van der Waals surface area contributed by atoms with E-state index in [0.717, 1.165) is 10.5 Å². The number of ether oxygens (including phenoxy) is 2. The summed E-state index contributed by atoms with van der Waals surface area (Å²) in [5, 5.41) is 2.77. The number of benzene rings is 3. The smallest absolute Gasteiger partial charge is 0.332 e. The summed E-state index contributed by atoms with van der Waals surface area (Å²) in [4.78, 5) is 41.9. The number of amides is 4. The molecule has 1 N–H and O–H groups in total. The lowest BCUT2D eigenvalue weighted by molar-refractivity contribution is -0.124. The molecule has 0 unspecified atom stereocenters. The molecule has 4 amide bonds. The fourth-order valence-corrected chi connectivity index (χ4v) is 3.96. The molecular formula is C27H26FN3O5. The van der Waals surface area contributed by atoms with Crippen molar-refractivity contribution in [1.82, 2.24) is 4.90 Å². The Labute approximate surface area is 208 Å². The second-order valence-corrected chi connectivity index (χ2v) is 8.13. The Kier molecular flexibility index (Phi) is 7.48. The van der Waals surface area contributed by atoms with E-state index < -0.39 is 29.7 Å². The number of nitrogens with zero attached hydrogens (tertiary/aromatic N) is 2. The third-order valence-electron chi connectivity index (χ3n) is 5.74. The molecule has 3 aromatic rings. The molecule has 0 radical (unpaired) electrons. The molecule has 1 heterocycles. The minimum absolute atomic E-state index is 0.104. The summed E-state index contributed by atoms with van der Waals surface area (Å²) < 4.78 is 24.0. The van der Waals surface area contributed by atoms with E-state index in [0.29, 0.717) is 23.8 Å². The molecule has 0 spiro atoms. The predicted octanol–water partition coefficient (Wildman–Crippen LogP) is 4.60. The van der Waals surface area contributed by atoms with Gasteiger partial charge < -0.3 is 19.7 Å². The van der Waals surface area contributed by atoms with Crippen LogP contribution in [0, 0.1) is 5.82 Å². The van der Waals surface area contributed by atoms with Crippen LogP contribution in [0.25, 0.3) is 0 Å². The molecule has 8 nitrogen and oxygen atoms in total. The van der Waals surface area contributed by atoms with Gasteiger partial charge in [-0.25, -0.2) is 14.1 Å². The van der Waals surface area contributed by atoms with Gasteiger partial charge in [-0.05, 0) is 73.2 Å². The van der Waals surface area contributed by atoms with Gasteiger partial charge >= 0.3 is 6.03 Å². The van der Waals surface area contributed by atoms with Gasteiger partial charge in [0, 0.05) is 12.2 Å². The second-order valence-electron chi connectivity index (χ2n) is 8.13. The summed E-state index contributed by atoms with van der Waals surface area (Å²) in [6.45, 7) is 2.51. The van der Waals surface area contributed by atoms with E-state index in [2.05, 4.69) is 5.32 Å². The zero-order valence-electron chi connectivity index (χ0n) is 19.9. The number of halogens is 1. The average molecular weight is 492 g/mol. The van der Waals surface area contributed by atoms with E-state index in [9.17, 15) is 18.8 Å². The van der Waals surface area contributed by atoms with Crippen LogP contribution in [0.1, 0.15) is 18.9 Å². The molecule has 4 rings (SSSR count). The molecule has 0 aliphatic carbocycles. The zero-order valence-corrected chi connectivity index (χ0v) is 19.9. The van der Waals surface area contributed by atoms with Gasteiger partial charge in [0.15, 0.2) is 0 Å². The van der Waals surface area contributed by atoms with Crippen LogP contribution < -0.4 is 19.7 Å². The highest BCUT2D eigenvalue weighted by molar-refractivity contribution is 6.22. The van der Waals surface area contributed by atoms with E-state index in [1.54, 1.807) is 55.6 Å². The Morgan fingerprint density at radius 3 is 2.19 bits per heavy atom. The molecular weight excluding hydrogens is 465 g/mol. The first kappa shape index (κ1) is 24.7. The third kappa shape index (κ3) is 5.46. The molecule has 0 aromatic heterocycles. The number of rotatable bonds is 9. The standard InChI is InChI=1S/C27H26FN3O5/c1-3-36-23-14-8-20(9-15-23)29-25(32)16-24-26(33)31(21-10-6-19(28)7-11-21)27(34)30(24)17-18-4-12-22(35-2)13-5-18/h4-15,24H,3,16-17H2,1-2H3,(H,29,32)/t24-/m0/s1. The highest BCUT2D eigenvalue weighted by atomic mass is 19.1. The van der Waals surface area contributed by atoms with Gasteiger partial charge in [-0.15, -0.1) is 0 Å². The molecule has 0 bridgehead atoms. The SMILES string of the molecule is CCOc1ccc(NC(=O)C[C@H]2C(=O)N(c3ccc(F)cc3)C(=O)N2Cc2ccc(OC)cc2)cc1. The van der Waals surface area contributed by atoms with Crippen LogP contribution in [-0.2, 0) is 16.1 Å². The minimum atomic E-state index is -1.03. The maximum atomic E-state index is 13.4. The second kappa shape index (κ2) is 10.9. The number of nitrogens with one attached hydrogen (secondary N) is 1. The molecule has 1 fully saturated rings. The van der Waals surface area contributed by atoms with Crippen molar-refractivity contribution >= 4 is 29.2 Å². The number of hydrogen-bond donors (Lipinski definition) is 1. The minimum Gasteiger partial charge on any atom is -0.497 e. The lowest BCUT2D eigenvalue weighted by Gasteiger charge is -2.22. The van der Waals surface area contributed by atoms with Crippen LogP contribution >= 0.6 is 0 Å². The van der Waals surface area contributed by atoms with Crippen molar-refractivity contribution in [3.05, 3.63) is 84.2 Å². The summed E-state index contributed by atoms with van der Waals surface area (Å²) in [6.07, 6.45) is -0.244. The fraction of sp³-hybridized carbons (Fsp3) is 0.222. The Balaban J connectivity index is 1.56. The maximum absolute atomic E-state index is 13.4. The van der Waals surface area contributed by atoms with Crippen LogP contribution in [0.5, 0.6) is 11.5 Å². The van der Waals surface area contributed by atoms with Crippen molar-refractivity contribution in [2.24, 2.45) is 0 Å². The third-order valence-corrected chi connectivity index (χ3v) is 5.74. The largest absolute Gasteiger partial charge is 0.497 e. The quantitative estimate of drug-likeness (QED) is 0.442. The number of urea groups is 1. The van der Waals surface area contributed by atoms with Crippen molar-refractivity contribution in [1.29, 1.82) is 0 Å². The Morgan fingerprint density at radius 1 is 0.944 bits per heavy atom. The fourth-order valence-electron chi connectivity index (χ4n) is 3.96. The van der Waals surface area contributed by atoms with E-state index in [-0.39, 0.29) is 18.7 Å². The maximum Gasteiger partial charge on any atom is 0.332 e. The summed E-state index contributed by atoms with van der Waals surface area (Å²) in [5.74, 6) is -0.137. The van der Waals surface area contributed by atoms with Gasteiger partial charge in [-0.1, -0.05) is 12.1 Å². The number of carbonyl (C=O) groups is 3. The molecule has 1 atom stereocenters. The van der Waals surface area contributed by atoms with E-state index >= 15 is 0 Å². The van der Waals surface area contributed by atoms with Crippen molar-refractivity contribution < 1.29 is 28.2 Å². The Morgan fingerprint density at radius 2 is 1.58 bits per heavy atom. The lowest BCUT2D eigenvalue weighted by atomic mass is 10.1. The van der Waals surface area contributed by atoms with Crippen LogP contribution in [0.2, 0.25) is 0 Å². The first-order chi connectivity index (χ1) is 17.4. The Bertz CT molecular complexity index is 1230. The van der Waals surface area contributed by atoms with E-state index in [1.807, 2.05) is 6.92 Å².